The van der Waals surface area contributed by atoms with Crippen LogP contribution in [0.15, 0.2) is 30.5 Å². The molecule has 0 radical (unpaired) electrons. The first-order valence-electron chi connectivity index (χ1n) is 8.82. The van der Waals surface area contributed by atoms with E-state index in [9.17, 15) is 22.8 Å². The lowest BCUT2D eigenvalue weighted by Gasteiger charge is -2.32. The van der Waals surface area contributed by atoms with Crippen molar-refractivity contribution in [1.29, 1.82) is 0 Å². The molecule has 1 saturated heterocycles. The van der Waals surface area contributed by atoms with Gasteiger partial charge in [0.2, 0.25) is 0 Å². The number of aliphatic carboxylic acids is 1. The van der Waals surface area contributed by atoms with E-state index in [4.69, 9.17) is 5.11 Å². The van der Waals surface area contributed by atoms with Crippen molar-refractivity contribution in [3.63, 3.8) is 0 Å². The lowest BCUT2D eigenvalue weighted by Crippen LogP contribution is -2.40. The van der Waals surface area contributed by atoms with Crippen LogP contribution in [-0.2, 0) is 11.0 Å². The van der Waals surface area contributed by atoms with Crippen molar-refractivity contribution >= 4 is 11.9 Å². The Morgan fingerprint density at radius 1 is 1.21 bits per heavy atom. The molecule has 148 valence electrons. The maximum absolute atomic E-state index is 12.9. The molecular weight excluding hydrogens is 377 g/mol. The van der Waals surface area contributed by atoms with Gasteiger partial charge in [-0.15, -0.1) is 5.10 Å². The molecule has 1 atom stereocenters. The van der Waals surface area contributed by atoms with Crippen molar-refractivity contribution in [3.8, 4) is 5.69 Å². The van der Waals surface area contributed by atoms with Gasteiger partial charge in [0.1, 0.15) is 0 Å². The van der Waals surface area contributed by atoms with Gasteiger partial charge in [0.15, 0.2) is 5.69 Å². The predicted octanol–water partition coefficient (Wildman–Crippen LogP) is 2.61. The molecule has 2 aromatic rings. The minimum Gasteiger partial charge on any atom is -0.481 e. The number of carboxylic acids is 1. The van der Waals surface area contributed by atoms with Crippen LogP contribution >= 0.6 is 0 Å². The van der Waals surface area contributed by atoms with Gasteiger partial charge in [-0.1, -0.05) is 11.3 Å². The highest BCUT2D eigenvalue weighted by Gasteiger charge is 2.59. The number of likely N-dealkylation sites (tertiary alicyclic amines) is 1. The Morgan fingerprint density at radius 2 is 1.93 bits per heavy atom. The Hall–Kier alpha value is -2.91. The second kappa shape index (κ2) is 6.32. The molecule has 2 heterocycles. The van der Waals surface area contributed by atoms with E-state index in [0.717, 1.165) is 16.8 Å². The van der Waals surface area contributed by atoms with Gasteiger partial charge in [0.25, 0.3) is 5.91 Å². The lowest BCUT2D eigenvalue weighted by molar-refractivity contribution is -0.140. The summed E-state index contributed by atoms with van der Waals surface area (Å²) >= 11 is 0. The third-order valence-corrected chi connectivity index (χ3v) is 5.68. The van der Waals surface area contributed by atoms with E-state index >= 15 is 0 Å². The number of hydrogen-bond donors (Lipinski definition) is 1. The molecule has 2 fully saturated rings. The molecule has 1 aromatic carbocycles. The van der Waals surface area contributed by atoms with Gasteiger partial charge in [-0.3, -0.25) is 9.59 Å². The summed E-state index contributed by atoms with van der Waals surface area (Å²) in [4.78, 5) is 25.3. The number of alkyl halides is 3. The summed E-state index contributed by atoms with van der Waals surface area (Å²) in [5.41, 5.74) is -0.814. The topological polar surface area (TPSA) is 88.3 Å². The number of amides is 1. The summed E-state index contributed by atoms with van der Waals surface area (Å²) < 4.78 is 39.7. The van der Waals surface area contributed by atoms with Crippen molar-refractivity contribution < 1.29 is 27.9 Å². The van der Waals surface area contributed by atoms with Gasteiger partial charge in [0.05, 0.1) is 23.4 Å². The molecule has 1 saturated carbocycles. The first-order chi connectivity index (χ1) is 13.2. The highest BCUT2D eigenvalue weighted by Crippen LogP contribution is 2.59. The second-order valence-corrected chi connectivity index (χ2v) is 7.35. The number of carboxylic acid groups (broad SMARTS) is 1. The summed E-state index contributed by atoms with van der Waals surface area (Å²) in [6.45, 7) is 0.859. The fourth-order valence-corrected chi connectivity index (χ4v) is 3.88. The van der Waals surface area contributed by atoms with E-state index in [1.807, 2.05) is 0 Å². The molecule has 28 heavy (non-hydrogen) atoms. The summed E-state index contributed by atoms with van der Waals surface area (Å²) in [7, 11) is 0. The van der Waals surface area contributed by atoms with Gasteiger partial charge < -0.3 is 10.0 Å². The molecule has 1 N–H and O–H groups in total. The van der Waals surface area contributed by atoms with Crippen LogP contribution in [0, 0.1) is 11.3 Å². The van der Waals surface area contributed by atoms with Crippen molar-refractivity contribution in [2.24, 2.45) is 11.3 Å². The predicted molar refractivity (Wildman–Crippen MR) is 89.7 cm³/mol. The summed E-state index contributed by atoms with van der Waals surface area (Å²) in [5.74, 6) is -1.48. The Kier molecular flexibility index (Phi) is 4.16. The number of hydrogen-bond acceptors (Lipinski definition) is 4. The number of rotatable bonds is 3. The van der Waals surface area contributed by atoms with E-state index in [1.54, 1.807) is 4.90 Å². The zero-order chi connectivity index (χ0) is 20.1. The molecule has 1 aliphatic heterocycles. The van der Waals surface area contributed by atoms with E-state index < -0.39 is 17.7 Å². The summed E-state index contributed by atoms with van der Waals surface area (Å²) in [6, 6.07) is 4.60. The number of halogens is 3. The fraction of sp³-hybridized carbons (Fsp3) is 0.444. The lowest BCUT2D eigenvalue weighted by atomic mass is 9.90. The van der Waals surface area contributed by atoms with Crippen LogP contribution in [0.3, 0.4) is 0 Å². The molecule has 1 aliphatic carbocycles. The van der Waals surface area contributed by atoms with Gasteiger partial charge in [0, 0.05) is 13.1 Å². The van der Waals surface area contributed by atoms with Gasteiger partial charge >= 0.3 is 12.1 Å². The summed E-state index contributed by atoms with van der Waals surface area (Å²) in [5, 5.41) is 16.7. The van der Waals surface area contributed by atoms with Gasteiger partial charge in [-0.05, 0) is 42.9 Å². The van der Waals surface area contributed by atoms with Crippen LogP contribution in [0.1, 0.15) is 35.3 Å². The van der Waals surface area contributed by atoms with Crippen LogP contribution in [0.5, 0.6) is 0 Å². The van der Waals surface area contributed by atoms with Crippen molar-refractivity contribution in [2.75, 3.05) is 13.1 Å². The molecule has 1 unspecified atom stereocenters. The van der Waals surface area contributed by atoms with Crippen LogP contribution < -0.4 is 0 Å². The van der Waals surface area contributed by atoms with Gasteiger partial charge in [-0.25, -0.2) is 4.68 Å². The maximum Gasteiger partial charge on any atom is 0.416 e. The van der Waals surface area contributed by atoms with Crippen molar-refractivity contribution in [1.82, 2.24) is 19.9 Å². The standard InChI is InChI=1S/C18H17F3N4O3/c19-18(20,21)11-2-1-3-12(8-11)25-10-14(22-23-25)15(26)24-6-4-17(5-7-24)9-13(17)16(27)28/h1-3,8,10,13H,4-7,9H2,(H,27,28). The highest BCUT2D eigenvalue weighted by molar-refractivity contribution is 5.92. The maximum atomic E-state index is 12.9. The third-order valence-electron chi connectivity index (χ3n) is 5.68. The van der Waals surface area contributed by atoms with Crippen molar-refractivity contribution in [3.05, 3.63) is 41.7 Å². The number of nitrogens with zero attached hydrogens (tertiary/aromatic N) is 4. The number of benzene rings is 1. The Bertz CT molecular complexity index is 932. The number of carbonyl (C=O) groups is 2. The highest BCUT2D eigenvalue weighted by atomic mass is 19.4. The Morgan fingerprint density at radius 3 is 2.54 bits per heavy atom. The molecule has 1 spiro atoms. The monoisotopic (exact) mass is 394 g/mol. The molecule has 2 aliphatic rings. The first-order valence-corrected chi connectivity index (χ1v) is 8.82. The van der Waals surface area contributed by atoms with E-state index in [1.165, 1.54) is 18.3 Å². The SMILES string of the molecule is O=C(O)C1CC12CCN(C(=O)c1cn(-c3cccc(C(F)(F)F)c3)nn1)CC2. The fourth-order valence-electron chi connectivity index (χ4n) is 3.88. The molecular formula is C18H17F3N4O3. The average molecular weight is 394 g/mol. The van der Waals surface area contributed by atoms with E-state index in [0.29, 0.717) is 32.4 Å². The minimum atomic E-state index is -4.48. The Balaban J connectivity index is 1.45. The number of piperidine rings is 1. The molecule has 10 heteroatoms. The molecule has 7 nitrogen and oxygen atoms in total. The quantitative estimate of drug-likeness (QED) is 0.865. The van der Waals surface area contributed by atoms with E-state index in [-0.39, 0.29) is 28.6 Å². The van der Waals surface area contributed by atoms with Crippen LogP contribution in [0.25, 0.3) is 5.69 Å². The number of aromatic nitrogens is 3. The summed E-state index contributed by atoms with van der Waals surface area (Å²) in [6.07, 6.45) is -1.28. The van der Waals surface area contributed by atoms with Crippen LogP contribution in [0.4, 0.5) is 13.2 Å². The smallest absolute Gasteiger partial charge is 0.416 e. The number of carbonyl (C=O) groups excluding carboxylic acids is 1. The van der Waals surface area contributed by atoms with E-state index in [2.05, 4.69) is 10.3 Å². The first kappa shape index (κ1) is 18.5. The Labute approximate surface area is 157 Å². The normalized spacial score (nSPS) is 21.0. The minimum absolute atomic E-state index is 0.0407. The van der Waals surface area contributed by atoms with Crippen LogP contribution in [-0.4, -0.2) is 50.0 Å². The zero-order valence-corrected chi connectivity index (χ0v) is 14.7. The van der Waals surface area contributed by atoms with Gasteiger partial charge in [-0.2, -0.15) is 13.2 Å². The molecule has 1 amide bonds. The zero-order valence-electron chi connectivity index (χ0n) is 14.7. The van der Waals surface area contributed by atoms with Crippen molar-refractivity contribution in [2.45, 2.75) is 25.4 Å². The third kappa shape index (κ3) is 3.23. The second-order valence-electron chi connectivity index (χ2n) is 7.35. The molecule has 1 aromatic heterocycles. The van der Waals surface area contributed by atoms with Crippen LogP contribution in [0.2, 0.25) is 0 Å². The molecule has 0 bridgehead atoms. The molecule has 4 rings (SSSR count). The largest absolute Gasteiger partial charge is 0.481 e. The average Bonchev–Trinajstić information content (AvgIpc) is 3.14.